The van der Waals surface area contributed by atoms with Gasteiger partial charge in [0.15, 0.2) is 0 Å². The van der Waals surface area contributed by atoms with Gasteiger partial charge in [-0.3, -0.25) is 0 Å². The van der Waals surface area contributed by atoms with Gasteiger partial charge in [0.1, 0.15) is 17.5 Å². The molecule has 0 saturated heterocycles. The van der Waals surface area contributed by atoms with Crippen molar-refractivity contribution in [3.63, 3.8) is 0 Å². The quantitative estimate of drug-likeness (QED) is 0.432. The minimum absolute atomic E-state index is 0.462. The van der Waals surface area contributed by atoms with Crippen LogP contribution < -0.4 is 16.6 Å². The van der Waals surface area contributed by atoms with Gasteiger partial charge in [0.2, 0.25) is 0 Å². The van der Waals surface area contributed by atoms with Gasteiger partial charge < -0.3 is 15.8 Å². The average Bonchev–Trinajstić information content (AvgIpc) is 2.44. The molecule has 1 aromatic rings. The highest BCUT2D eigenvalue weighted by molar-refractivity contribution is 5.47. The van der Waals surface area contributed by atoms with Crippen molar-refractivity contribution in [3.8, 4) is 0 Å². The van der Waals surface area contributed by atoms with Gasteiger partial charge in [0, 0.05) is 19.0 Å². The molecule has 1 rings (SSSR count). The summed E-state index contributed by atoms with van der Waals surface area (Å²) in [7, 11) is 0. The van der Waals surface area contributed by atoms with Crippen LogP contribution in [0.5, 0.6) is 0 Å². The maximum Gasteiger partial charge on any atom is 0.145 e. The summed E-state index contributed by atoms with van der Waals surface area (Å²) in [6, 6.07) is 1.73. The minimum atomic E-state index is -0.701. The molecule has 0 spiro atoms. The van der Waals surface area contributed by atoms with Crippen LogP contribution >= 0.6 is 0 Å². The van der Waals surface area contributed by atoms with E-state index in [1.807, 2.05) is 20.8 Å². The Morgan fingerprint density at radius 2 is 1.83 bits per heavy atom. The maximum absolute atomic E-state index is 10.2. The van der Waals surface area contributed by atoms with Crippen molar-refractivity contribution >= 4 is 11.6 Å². The fraction of sp³-hybridized carbons (Fsp3) is 0.667. The third-order valence-electron chi connectivity index (χ3n) is 3.15. The van der Waals surface area contributed by atoms with E-state index in [0.29, 0.717) is 36.8 Å². The molecule has 0 atom stereocenters. The molecule has 0 radical (unpaired) electrons. The van der Waals surface area contributed by atoms with Crippen LogP contribution in [-0.4, -0.2) is 27.2 Å². The second kappa shape index (κ2) is 6.51. The first-order valence-electron chi connectivity index (χ1n) is 6.37. The van der Waals surface area contributed by atoms with Crippen LogP contribution in [0.25, 0.3) is 0 Å². The summed E-state index contributed by atoms with van der Waals surface area (Å²) < 4.78 is 0. The highest BCUT2D eigenvalue weighted by atomic mass is 16.3. The summed E-state index contributed by atoms with van der Waals surface area (Å²) in [5, 5.41) is 13.3. The first-order valence-corrected chi connectivity index (χ1v) is 6.37. The zero-order chi connectivity index (χ0) is 13.6. The number of aryl methyl sites for hydroxylation is 1. The summed E-state index contributed by atoms with van der Waals surface area (Å²) in [6.45, 7) is 6.38. The van der Waals surface area contributed by atoms with Gasteiger partial charge >= 0.3 is 0 Å². The van der Waals surface area contributed by atoms with Gasteiger partial charge in [-0.1, -0.05) is 20.8 Å². The SMILES string of the molecule is CCc1nc(NN)cc(NCC(O)(CC)CC)n1. The van der Waals surface area contributed by atoms with E-state index in [1.165, 1.54) is 0 Å². The second-order valence-electron chi connectivity index (χ2n) is 4.34. The molecule has 0 fully saturated rings. The smallest absolute Gasteiger partial charge is 0.145 e. The van der Waals surface area contributed by atoms with Crippen LogP contribution in [-0.2, 0) is 6.42 Å². The molecule has 0 unspecified atom stereocenters. The van der Waals surface area contributed by atoms with E-state index < -0.39 is 5.60 Å². The number of hydrogen-bond donors (Lipinski definition) is 4. The van der Waals surface area contributed by atoms with Gasteiger partial charge in [-0.15, -0.1) is 0 Å². The molecule has 0 aliphatic rings. The van der Waals surface area contributed by atoms with Crippen LogP contribution in [0.4, 0.5) is 11.6 Å². The number of nitrogen functional groups attached to an aromatic ring is 1. The lowest BCUT2D eigenvalue weighted by Crippen LogP contribution is -2.35. The third-order valence-corrected chi connectivity index (χ3v) is 3.15. The molecule has 0 saturated carbocycles. The highest BCUT2D eigenvalue weighted by Crippen LogP contribution is 2.17. The number of nitrogens with two attached hydrogens (primary N) is 1. The predicted octanol–water partition coefficient (Wildman–Crippen LogP) is 1.29. The van der Waals surface area contributed by atoms with Crippen molar-refractivity contribution in [2.45, 2.75) is 45.6 Å². The average molecular weight is 253 g/mol. The molecule has 6 nitrogen and oxygen atoms in total. The van der Waals surface area contributed by atoms with E-state index in [0.717, 1.165) is 6.42 Å². The summed E-state index contributed by atoms with van der Waals surface area (Å²) in [6.07, 6.45) is 2.13. The molecule has 0 amide bonds. The Bertz CT molecular complexity index is 356. The number of anilines is 2. The molecule has 5 N–H and O–H groups in total. The molecule has 0 bridgehead atoms. The van der Waals surface area contributed by atoms with Crippen molar-refractivity contribution in [1.29, 1.82) is 0 Å². The second-order valence-corrected chi connectivity index (χ2v) is 4.34. The van der Waals surface area contributed by atoms with Crippen LogP contribution in [0.1, 0.15) is 39.4 Å². The standard InChI is InChI=1S/C12H23N5O/c1-4-9-15-10(7-11(16-9)17-13)14-8-12(18,5-2)6-3/h7,18H,4-6,8,13H2,1-3H3,(H2,14,15,16,17). The van der Waals surface area contributed by atoms with E-state index in [1.54, 1.807) is 6.07 Å². The Hall–Kier alpha value is -1.40. The van der Waals surface area contributed by atoms with E-state index in [4.69, 9.17) is 5.84 Å². The third kappa shape index (κ3) is 3.82. The number of aliphatic hydroxyl groups is 1. The van der Waals surface area contributed by atoms with Crippen LogP contribution in [0.2, 0.25) is 0 Å². The Morgan fingerprint density at radius 3 is 2.33 bits per heavy atom. The van der Waals surface area contributed by atoms with E-state index in [-0.39, 0.29) is 0 Å². The maximum atomic E-state index is 10.2. The molecule has 0 aliphatic heterocycles. The van der Waals surface area contributed by atoms with E-state index in [9.17, 15) is 5.11 Å². The summed E-state index contributed by atoms with van der Waals surface area (Å²) >= 11 is 0. The van der Waals surface area contributed by atoms with Crippen LogP contribution in [0, 0.1) is 0 Å². The fourth-order valence-corrected chi connectivity index (χ4v) is 1.57. The number of rotatable bonds is 7. The molecule has 0 aliphatic carbocycles. The van der Waals surface area contributed by atoms with E-state index in [2.05, 4.69) is 20.7 Å². The lowest BCUT2D eigenvalue weighted by molar-refractivity contribution is 0.0456. The Kier molecular flexibility index (Phi) is 5.30. The topological polar surface area (TPSA) is 96.1 Å². The zero-order valence-electron chi connectivity index (χ0n) is 11.3. The first kappa shape index (κ1) is 14.7. The summed E-state index contributed by atoms with van der Waals surface area (Å²) in [5.74, 6) is 7.32. The lowest BCUT2D eigenvalue weighted by Gasteiger charge is -2.25. The van der Waals surface area contributed by atoms with Gasteiger partial charge in [0.05, 0.1) is 5.60 Å². The molecule has 102 valence electrons. The number of nitrogens with zero attached hydrogens (tertiary/aromatic N) is 2. The molecular formula is C12H23N5O. The summed E-state index contributed by atoms with van der Waals surface area (Å²) in [4.78, 5) is 8.55. The van der Waals surface area contributed by atoms with Crippen molar-refractivity contribution in [3.05, 3.63) is 11.9 Å². The molecule has 18 heavy (non-hydrogen) atoms. The normalized spacial score (nSPS) is 11.4. The van der Waals surface area contributed by atoms with Crippen molar-refractivity contribution in [2.24, 2.45) is 5.84 Å². The molecule has 6 heteroatoms. The molecule has 0 aromatic carbocycles. The lowest BCUT2D eigenvalue weighted by atomic mass is 9.98. The monoisotopic (exact) mass is 253 g/mol. The Balaban J connectivity index is 2.78. The first-order chi connectivity index (χ1) is 8.56. The number of hydrazine groups is 1. The van der Waals surface area contributed by atoms with Gasteiger partial charge in [-0.05, 0) is 12.8 Å². The number of hydrogen-bond acceptors (Lipinski definition) is 6. The highest BCUT2D eigenvalue weighted by Gasteiger charge is 2.21. The minimum Gasteiger partial charge on any atom is -0.388 e. The van der Waals surface area contributed by atoms with Gasteiger partial charge in [-0.25, -0.2) is 15.8 Å². The van der Waals surface area contributed by atoms with Gasteiger partial charge in [-0.2, -0.15) is 0 Å². The largest absolute Gasteiger partial charge is 0.388 e. The van der Waals surface area contributed by atoms with Crippen LogP contribution in [0.3, 0.4) is 0 Å². The molecule has 1 heterocycles. The number of nitrogens with one attached hydrogen (secondary N) is 2. The Labute approximate surface area is 108 Å². The van der Waals surface area contributed by atoms with E-state index >= 15 is 0 Å². The zero-order valence-corrected chi connectivity index (χ0v) is 11.3. The van der Waals surface area contributed by atoms with Crippen LogP contribution in [0.15, 0.2) is 6.07 Å². The van der Waals surface area contributed by atoms with Crippen molar-refractivity contribution in [1.82, 2.24) is 9.97 Å². The summed E-state index contributed by atoms with van der Waals surface area (Å²) in [5.41, 5.74) is 1.81. The predicted molar refractivity (Wildman–Crippen MR) is 73.2 cm³/mol. The van der Waals surface area contributed by atoms with Crippen molar-refractivity contribution in [2.75, 3.05) is 17.3 Å². The number of aromatic nitrogens is 2. The fourth-order valence-electron chi connectivity index (χ4n) is 1.57. The molecular weight excluding hydrogens is 230 g/mol. The van der Waals surface area contributed by atoms with Crippen molar-refractivity contribution < 1.29 is 5.11 Å². The van der Waals surface area contributed by atoms with Gasteiger partial charge in [0.25, 0.3) is 0 Å². The Morgan fingerprint density at radius 1 is 1.22 bits per heavy atom. The molecule has 1 aromatic heterocycles.